The quantitative estimate of drug-likeness (QED) is 0.744. The van der Waals surface area contributed by atoms with Crippen LogP contribution in [0.2, 0.25) is 0 Å². The zero-order chi connectivity index (χ0) is 15.3. The van der Waals surface area contributed by atoms with E-state index >= 15 is 0 Å². The highest BCUT2D eigenvalue weighted by Crippen LogP contribution is 2.23. The largest absolute Gasteiger partial charge is 0.315 e. The minimum absolute atomic E-state index is 0.0614. The summed E-state index contributed by atoms with van der Waals surface area (Å²) in [7, 11) is -3.42. The van der Waals surface area contributed by atoms with Gasteiger partial charge in [-0.1, -0.05) is 13.3 Å². The lowest BCUT2D eigenvalue weighted by Crippen LogP contribution is -2.52. The van der Waals surface area contributed by atoms with Gasteiger partial charge in [0.05, 0.1) is 3.79 Å². The first-order valence-corrected chi connectivity index (χ1v) is 10.3. The number of rotatable bonds is 7. The molecule has 1 aromatic rings. The molecule has 0 amide bonds. The van der Waals surface area contributed by atoms with Gasteiger partial charge in [-0.2, -0.15) is 17.4 Å². The van der Waals surface area contributed by atoms with Crippen LogP contribution in [0.4, 0.5) is 0 Å². The smallest absolute Gasteiger partial charge is 0.280 e. The second-order valence-corrected chi connectivity index (χ2v) is 9.36. The van der Waals surface area contributed by atoms with E-state index in [1.165, 1.54) is 0 Å². The molecule has 0 spiro atoms. The number of thiophene rings is 1. The lowest BCUT2D eigenvalue weighted by Gasteiger charge is -2.34. The average Bonchev–Trinajstić information content (AvgIpc) is 2.89. The predicted octanol–water partition coefficient (Wildman–Crippen LogP) is 2.31. The van der Waals surface area contributed by atoms with Gasteiger partial charge in [-0.25, -0.2) is 0 Å². The zero-order valence-corrected chi connectivity index (χ0v) is 15.4. The van der Waals surface area contributed by atoms with Gasteiger partial charge < -0.3 is 5.32 Å². The maximum atomic E-state index is 12.5. The van der Waals surface area contributed by atoms with Gasteiger partial charge in [-0.15, -0.1) is 11.3 Å². The molecule has 1 aromatic heterocycles. The number of nitrogens with one attached hydrogen (secondary N) is 2. The molecule has 0 aromatic carbocycles. The van der Waals surface area contributed by atoms with E-state index in [9.17, 15) is 8.42 Å². The van der Waals surface area contributed by atoms with Gasteiger partial charge >= 0.3 is 0 Å². The van der Waals surface area contributed by atoms with E-state index in [1.54, 1.807) is 15.6 Å². The molecule has 0 bridgehead atoms. The van der Waals surface area contributed by atoms with E-state index < -0.39 is 10.2 Å². The van der Waals surface area contributed by atoms with Crippen LogP contribution in [-0.2, 0) is 16.8 Å². The topological polar surface area (TPSA) is 61.4 Å². The van der Waals surface area contributed by atoms with Gasteiger partial charge in [-0.05, 0) is 47.4 Å². The van der Waals surface area contributed by atoms with Crippen LogP contribution in [0.25, 0.3) is 0 Å². The highest BCUT2D eigenvalue weighted by molar-refractivity contribution is 9.11. The summed E-state index contributed by atoms with van der Waals surface area (Å²) >= 11 is 4.94. The molecule has 1 saturated heterocycles. The van der Waals surface area contributed by atoms with Crippen molar-refractivity contribution in [3.05, 3.63) is 20.8 Å². The molecule has 5 nitrogen and oxygen atoms in total. The Balaban J connectivity index is 1.98. The molecular weight excluding hydrogens is 374 g/mol. The zero-order valence-electron chi connectivity index (χ0n) is 12.1. The van der Waals surface area contributed by atoms with Crippen LogP contribution in [0, 0.1) is 0 Å². The highest BCUT2D eigenvalue weighted by Gasteiger charge is 2.31. The molecule has 1 atom stereocenters. The Kier molecular flexibility index (Phi) is 6.64. The van der Waals surface area contributed by atoms with E-state index in [1.807, 2.05) is 19.1 Å². The molecule has 120 valence electrons. The summed E-state index contributed by atoms with van der Waals surface area (Å²) < 4.78 is 30.4. The van der Waals surface area contributed by atoms with Crippen LogP contribution >= 0.6 is 27.3 Å². The lowest BCUT2D eigenvalue weighted by atomic mass is 10.1. The van der Waals surface area contributed by atoms with E-state index in [2.05, 4.69) is 26.0 Å². The number of hydrogen-bond acceptors (Lipinski definition) is 4. The Labute approximate surface area is 139 Å². The molecule has 0 aliphatic carbocycles. The fraction of sp³-hybridized carbons (Fsp3) is 0.692. The molecule has 2 rings (SSSR count). The SMILES string of the molecule is CCNCC1CCCCN1S(=O)(=O)NCc1ccc(Br)s1. The summed E-state index contributed by atoms with van der Waals surface area (Å²) in [6.07, 6.45) is 2.96. The summed E-state index contributed by atoms with van der Waals surface area (Å²) in [6.45, 7) is 4.58. The lowest BCUT2D eigenvalue weighted by molar-refractivity contribution is 0.244. The van der Waals surface area contributed by atoms with Gasteiger partial charge in [0.1, 0.15) is 0 Å². The van der Waals surface area contributed by atoms with Crippen molar-refractivity contribution in [3.8, 4) is 0 Å². The van der Waals surface area contributed by atoms with E-state index in [-0.39, 0.29) is 6.04 Å². The van der Waals surface area contributed by atoms with Crippen LogP contribution in [0.15, 0.2) is 15.9 Å². The van der Waals surface area contributed by atoms with E-state index in [4.69, 9.17) is 0 Å². The Bertz CT molecular complexity index is 547. The Morgan fingerprint density at radius 3 is 2.90 bits per heavy atom. The Hall–Kier alpha value is 0.01000. The van der Waals surface area contributed by atoms with Crippen LogP contribution < -0.4 is 10.0 Å². The van der Waals surface area contributed by atoms with Gasteiger partial charge in [0, 0.05) is 30.6 Å². The molecule has 0 radical (unpaired) electrons. The molecule has 8 heteroatoms. The number of nitrogens with zero attached hydrogens (tertiary/aromatic N) is 1. The second-order valence-electron chi connectivity index (χ2n) is 5.10. The highest BCUT2D eigenvalue weighted by atomic mass is 79.9. The molecule has 2 heterocycles. The molecule has 1 aliphatic rings. The predicted molar refractivity (Wildman–Crippen MR) is 90.7 cm³/mol. The third-order valence-corrected chi connectivity index (χ3v) is 6.80. The summed E-state index contributed by atoms with van der Waals surface area (Å²) in [4.78, 5) is 1.01. The van der Waals surface area contributed by atoms with E-state index in [0.717, 1.165) is 41.0 Å². The first-order valence-electron chi connectivity index (χ1n) is 7.24. The molecular formula is C13H22BrN3O2S2. The van der Waals surface area contributed by atoms with E-state index in [0.29, 0.717) is 13.1 Å². The number of halogens is 1. The van der Waals surface area contributed by atoms with Crippen molar-refractivity contribution in [1.82, 2.24) is 14.3 Å². The number of hydrogen-bond donors (Lipinski definition) is 2. The van der Waals surface area contributed by atoms with Gasteiger partial charge in [0.25, 0.3) is 10.2 Å². The average molecular weight is 396 g/mol. The first-order chi connectivity index (χ1) is 10.0. The fourth-order valence-electron chi connectivity index (χ4n) is 2.50. The van der Waals surface area contributed by atoms with Crippen molar-refractivity contribution >= 4 is 37.5 Å². The second kappa shape index (κ2) is 8.03. The Morgan fingerprint density at radius 2 is 2.24 bits per heavy atom. The van der Waals surface area contributed by atoms with Gasteiger partial charge in [-0.3, -0.25) is 0 Å². The maximum absolute atomic E-state index is 12.5. The van der Waals surface area contributed by atoms with Crippen molar-refractivity contribution in [1.29, 1.82) is 0 Å². The van der Waals surface area contributed by atoms with Crippen molar-refractivity contribution in [2.45, 2.75) is 38.8 Å². The minimum Gasteiger partial charge on any atom is -0.315 e. The molecule has 2 N–H and O–H groups in total. The number of likely N-dealkylation sites (N-methyl/N-ethyl adjacent to an activating group) is 1. The summed E-state index contributed by atoms with van der Waals surface area (Å²) in [5.74, 6) is 0. The van der Waals surface area contributed by atoms with Crippen LogP contribution in [0.5, 0.6) is 0 Å². The molecule has 1 fully saturated rings. The monoisotopic (exact) mass is 395 g/mol. The maximum Gasteiger partial charge on any atom is 0.280 e. The standard InChI is InChI=1S/C13H22BrN3O2S2/c1-2-15-9-11-5-3-4-8-17(11)21(18,19)16-10-12-6-7-13(14)20-12/h6-7,11,15-16H,2-5,8-10H2,1H3. The fourth-order valence-corrected chi connectivity index (χ4v) is 5.46. The molecule has 1 unspecified atom stereocenters. The molecule has 0 saturated carbocycles. The third-order valence-electron chi connectivity index (χ3n) is 3.57. The van der Waals surface area contributed by atoms with Crippen LogP contribution in [-0.4, -0.2) is 38.4 Å². The number of piperidine rings is 1. The normalized spacial score (nSPS) is 20.8. The summed E-state index contributed by atoms with van der Waals surface area (Å²) in [5.41, 5.74) is 0. The van der Waals surface area contributed by atoms with Crippen LogP contribution in [0.3, 0.4) is 0 Å². The molecule has 1 aliphatic heterocycles. The first kappa shape index (κ1) is 17.4. The van der Waals surface area contributed by atoms with Crippen LogP contribution in [0.1, 0.15) is 31.1 Å². The summed E-state index contributed by atoms with van der Waals surface area (Å²) in [6, 6.07) is 3.93. The van der Waals surface area contributed by atoms with Crippen molar-refractivity contribution in [2.75, 3.05) is 19.6 Å². The van der Waals surface area contributed by atoms with Gasteiger partial charge in [0.2, 0.25) is 0 Å². The third kappa shape index (κ3) is 5.01. The van der Waals surface area contributed by atoms with Crippen molar-refractivity contribution in [2.24, 2.45) is 0 Å². The summed E-state index contributed by atoms with van der Waals surface area (Å²) in [5, 5.41) is 3.26. The Morgan fingerprint density at radius 1 is 1.43 bits per heavy atom. The van der Waals surface area contributed by atoms with Gasteiger partial charge in [0.15, 0.2) is 0 Å². The minimum atomic E-state index is -3.42. The van der Waals surface area contributed by atoms with Crippen molar-refractivity contribution in [3.63, 3.8) is 0 Å². The van der Waals surface area contributed by atoms with Crippen molar-refractivity contribution < 1.29 is 8.42 Å². The molecule has 21 heavy (non-hydrogen) atoms.